The maximum Gasteiger partial charge on any atom is 0.223 e. The summed E-state index contributed by atoms with van der Waals surface area (Å²) >= 11 is 0. The van der Waals surface area contributed by atoms with Gasteiger partial charge in [-0.3, -0.25) is 4.90 Å². The summed E-state index contributed by atoms with van der Waals surface area (Å²) in [7, 11) is 0. The Kier molecular flexibility index (Phi) is 7.52. The van der Waals surface area contributed by atoms with Crippen LogP contribution in [0.3, 0.4) is 0 Å². The third kappa shape index (κ3) is 5.95. The molecule has 3 heterocycles. The molecule has 3 aromatic carbocycles. The highest BCUT2D eigenvalue weighted by atomic mass is 16.3. The number of anilines is 1. The molecule has 7 heteroatoms. The van der Waals surface area contributed by atoms with E-state index in [0.717, 1.165) is 55.8 Å². The molecule has 0 amide bonds. The number of phenolic OH excluding ortho intramolecular Hbond substituents is 1. The van der Waals surface area contributed by atoms with Crippen molar-refractivity contribution < 1.29 is 5.11 Å². The van der Waals surface area contributed by atoms with Crippen LogP contribution in [-0.2, 0) is 12.8 Å². The van der Waals surface area contributed by atoms with Gasteiger partial charge in [0.1, 0.15) is 5.75 Å². The van der Waals surface area contributed by atoms with Crippen molar-refractivity contribution in [2.45, 2.75) is 18.9 Å². The van der Waals surface area contributed by atoms with E-state index in [2.05, 4.69) is 80.2 Å². The van der Waals surface area contributed by atoms with Gasteiger partial charge in [0.2, 0.25) is 5.95 Å². The van der Waals surface area contributed by atoms with Gasteiger partial charge in [-0.15, -0.1) is 0 Å². The topological polar surface area (TPSA) is 89.1 Å². The third-order valence-electron chi connectivity index (χ3n) is 7.54. The van der Waals surface area contributed by atoms with E-state index in [1.165, 1.54) is 22.0 Å². The molecule has 5 aromatic rings. The van der Waals surface area contributed by atoms with E-state index in [9.17, 15) is 5.11 Å². The SMILES string of the molecule is Oc1ccc(CCNc2nccc(-c3cccc(C(Cc4c[nH]c5ccccc45)N4CCNCC4)c3)n2)cc1. The number of aromatic amines is 1. The van der Waals surface area contributed by atoms with Gasteiger partial charge in [-0.25, -0.2) is 9.97 Å². The average Bonchev–Trinajstić information content (AvgIpc) is 3.40. The number of piperazine rings is 1. The average molecular weight is 519 g/mol. The fraction of sp³-hybridized carbons (Fsp3) is 0.250. The zero-order chi connectivity index (χ0) is 26.4. The van der Waals surface area contributed by atoms with E-state index in [0.29, 0.717) is 12.5 Å². The number of aromatic hydroxyl groups is 1. The molecule has 2 aromatic heterocycles. The van der Waals surface area contributed by atoms with Crippen LogP contribution >= 0.6 is 0 Å². The van der Waals surface area contributed by atoms with Crippen LogP contribution in [0.2, 0.25) is 0 Å². The fourth-order valence-corrected chi connectivity index (χ4v) is 5.45. The number of rotatable bonds is 9. The lowest BCUT2D eigenvalue weighted by molar-refractivity contribution is 0.173. The smallest absolute Gasteiger partial charge is 0.223 e. The van der Waals surface area contributed by atoms with Gasteiger partial charge in [0.25, 0.3) is 0 Å². The van der Waals surface area contributed by atoms with Gasteiger partial charge < -0.3 is 20.7 Å². The second-order valence-electron chi connectivity index (χ2n) is 10.1. The minimum absolute atomic E-state index is 0.274. The summed E-state index contributed by atoms with van der Waals surface area (Å²) in [5.74, 6) is 0.903. The molecule has 1 aliphatic rings. The molecular formula is C32H34N6O. The summed E-state index contributed by atoms with van der Waals surface area (Å²) in [5, 5.41) is 17.6. The Morgan fingerprint density at radius 3 is 2.67 bits per heavy atom. The van der Waals surface area contributed by atoms with E-state index in [4.69, 9.17) is 4.98 Å². The van der Waals surface area contributed by atoms with Crippen LogP contribution in [0.5, 0.6) is 5.75 Å². The molecule has 0 radical (unpaired) electrons. The van der Waals surface area contributed by atoms with Crippen molar-refractivity contribution in [3.63, 3.8) is 0 Å². The van der Waals surface area contributed by atoms with Crippen molar-refractivity contribution >= 4 is 16.9 Å². The molecule has 198 valence electrons. The second-order valence-corrected chi connectivity index (χ2v) is 10.1. The van der Waals surface area contributed by atoms with Gasteiger partial charge in [0, 0.05) is 67.6 Å². The first-order valence-electron chi connectivity index (χ1n) is 13.7. The Labute approximate surface area is 229 Å². The van der Waals surface area contributed by atoms with E-state index >= 15 is 0 Å². The molecule has 39 heavy (non-hydrogen) atoms. The number of H-pyrrole nitrogens is 1. The minimum atomic E-state index is 0.274. The number of nitrogens with zero attached hydrogens (tertiary/aromatic N) is 3. The molecule has 0 bridgehead atoms. The van der Waals surface area contributed by atoms with Gasteiger partial charge in [-0.05, 0) is 59.9 Å². The first-order chi connectivity index (χ1) is 19.2. The predicted molar refractivity (Wildman–Crippen MR) is 157 cm³/mol. The fourth-order valence-electron chi connectivity index (χ4n) is 5.45. The van der Waals surface area contributed by atoms with Crippen LogP contribution in [0, 0.1) is 0 Å². The van der Waals surface area contributed by atoms with Gasteiger partial charge in [0.05, 0.1) is 5.69 Å². The van der Waals surface area contributed by atoms with E-state index in [1.807, 2.05) is 24.4 Å². The van der Waals surface area contributed by atoms with Crippen LogP contribution in [0.15, 0.2) is 91.3 Å². The number of para-hydroxylation sites is 1. The molecule has 4 N–H and O–H groups in total. The molecule has 7 nitrogen and oxygen atoms in total. The first-order valence-corrected chi connectivity index (χ1v) is 13.7. The maximum atomic E-state index is 9.49. The lowest BCUT2D eigenvalue weighted by Crippen LogP contribution is -2.45. The van der Waals surface area contributed by atoms with Gasteiger partial charge >= 0.3 is 0 Å². The van der Waals surface area contributed by atoms with Crippen molar-refractivity contribution in [3.8, 4) is 17.0 Å². The summed E-state index contributed by atoms with van der Waals surface area (Å²) in [5.41, 5.74) is 6.99. The quantitative estimate of drug-likeness (QED) is 0.215. The predicted octanol–water partition coefficient (Wildman–Crippen LogP) is 5.17. The lowest BCUT2D eigenvalue weighted by atomic mass is 9.94. The highest BCUT2D eigenvalue weighted by Gasteiger charge is 2.24. The molecule has 1 atom stereocenters. The van der Waals surface area contributed by atoms with Crippen LogP contribution in [0.4, 0.5) is 5.95 Å². The molecular weight excluding hydrogens is 484 g/mol. The van der Waals surface area contributed by atoms with Crippen molar-refractivity contribution in [2.75, 3.05) is 38.0 Å². The van der Waals surface area contributed by atoms with Gasteiger partial charge in [-0.2, -0.15) is 0 Å². The van der Waals surface area contributed by atoms with Crippen molar-refractivity contribution in [3.05, 3.63) is 108 Å². The molecule has 1 unspecified atom stereocenters. The Bertz CT molecular complexity index is 1520. The molecule has 0 spiro atoms. The highest BCUT2D eigenvalue weighted by molar-refractivity contribution is 5.83. The summed E-state index contributed by atoms with van der Waals surface area (Å²) < 4.78 is 0. The maximum absolute atomic E-state index is 9.49. The normalized spacial score (nSPS) is 14.9. The molecule has 1 fully saturated rings. The van der Waals surface area contributed by atoms with Crippen LogP contribution < -0.4 is 10.6 Å². The number of hydrogen-bond acceptors (Lipinski definition) is 6. The van der Waals surface area contributed by atoms with E-state index in [-0.39, 0.29) is 11.8 Å². The number of aromatic nitrogens is 3. The van der Waals surface area contributed by atoms with Crippen LogP contribution in [-0.4, -0.2) is 57.7 Å². The number of benzene rings is 3. The Morgan fingerprint density at radius 2 is 1.79 bits per heavy atom. The van der Waals surface area contributed by atoms with Crippen LogP contribution in [0.25, 0.3) is 22.2 Å². The number of nitrogens with one attached hydrogen (secondary N) is 3. The number of phenols is 1. The van der Waals surface area contributed by atoms with Gasteiger partial charge in [0.15, 0.2) is 0 Å². The largest absolute Gasteiger partial charge is 0.508 e. The molecule has 1 aliphatic heterocycles. The summed E-state index contributed by atoms with van der Waals surface area (Å²) in [6, 6.07) is 26.9. The summed E-state index contributed by atoms with van der Waals surface area (Å²) in [4.78, 5) is 15.3. The monoisotopic (exact) mass is 518 g/mol. The second kappa shape index (κ2) is 11.7. The zero-order valence-corrected chi connectivity index (χ0v) is 22.0. The van der Waals surface area contributed by atoms with E-state index in [1.54, 1.807) is 12.1 Å². The summed E-state index contributed by atoms with van der Waals surface area (Å²) in [6.45, 7) is 4.79. The Balaban J connectivity index is 1.22. The first kappa shape index (κ1) is 25.1. The van der Waals surface area contributed by atoms with E-state index < -0.39 is 0 Å². The molecule has 6 rings (SSSR count). The summed E-state index contributed by atoms with van der Waals surface area (Å²) in [6.07, 6.45) is 5.76. The molecule has 0 aliphatic carbocycles. The van der Waals surface area contributed by atoms with Crippen molar-refractivity contribution in [1.82, 2.24) is 25.2 Å². The number of fused-ring (bicyclic) bond motifs is 1. The van der Waals surface area contributed by atoms with Crippen LogP contribution in [0.1, 0.15) is 22.7 Å². The molecule has 0 saturated carbocycles. The third-order valence-corrected chi connectivity index (χ3v) is 7.54. The highest BCUT2D eigenvalue weighted by Crippen LogP contribution is 2.31. The van der Waals surface area contributed by atoms with Crippen molar-refractivity contribution in [1.29, 1.82) is 0 Å². The minimum Gasteiger partial charge on any atom is -0.508 e. The Hall–Kier alpha value is -4.20. The Morgan fingerprint density at radius 1 is 0.949 bits per heavy atom. The standard InChI is InChI=1S/C32H34N6O/c39-27-10-8-23(9-11-27)12-14-34-32-35-15-13-29(37-32)24-4-3-5-25(20-24)31(38-18-16-33-17-19-38)21-26-22-36-30-7-2-1-6-28(26)30/h1-11,13,15,20,22,31,33,36,39H,12,14,16-19,21H2,(H,34,35,37). The zero-order valence-electron chi connectivity index (χ0n) is 22.0. The molecule has 1 saturated heterocycles. The van der Waals surface area contributed by atoms with Gasteiger partial charge in [-0.1, -0.05) is 48.5 Å². The lowest BCUT2D eigenvalue weighted by Gasteiger charge is -2.35. The number of hydrogen-bond donors (Lipinski definition) is 4. The van der Waals surface area contributed by atoms with Crippen molar-refractivity contribution in [2.24, 2.45) is 0 Å².